The van der Waals surface area contributed by atoms with Crippen LogP contribution in [-0.2, 0) is 11.3 Å². The molecule has 0 bridgehead atoms. The quantitative estimate of drug-likeness (QED) is 0.676. The molecule has 0 aromatic heterocycles. The van der Waals surface area contributed by atoms with E-state index < -0.39 is 11.6 Å². The minimum absolute atomic E-state index is 0.128. The topological polar surface area (TPSA) is 64.7 Å². The number of rotatable bonds is 8. The highest BCUT2D eigenvalue weighted by atomic mass is 19.2. The number of hydrogen-bond acceptors (Lipinski definition) is 3. The number of carbonyl (C=O) groups excluding carboxylic acids is 2. The second-order valence-electron chi connectivity index (χ2n) is 7.83. The molecule has 1 atom stereocenters. The Kier molecular flexibility index (Phi) is 7.81. The van der Waals surface area contributed by atoms with E-state index in [9.17, 15) is 18.4 Å². The molecule has 0 saturated carbocycles. The van der Waals surface area contributed by atoms with Crippen LogP contribution in [0.1, 0.15) is 18.4 Å². The normalized spacial score (nSPS) is 15.6. The molecular formula is C23H28F2N4O2. The summed E-state index contributed by atoms with van der Waals surface area (Å²) in [7, 11) is 1.71. The van der Waals surface area contributed by atoms with Crippen LogP contribution in [0.5, 0.6) is 0 Å². The van der Waals surface area contributed by atoms with Gasteiger partial charge in [0.1, 0.15) is 0 Å². The Bertz CT molecular complexity index is 894. The maximum atomic E-state index is 13.4. The molecule has 0 aliphatic carbocycles. The SMILES string of the molecule is CN(Cc1ccccc1)C(=O)NCCC(=O)NCC1CCN(c2ccc(F)c(F)c2)C1. The highest BCUT2D eigenvalue weighted by Crippen LogP contribution is 2.25. The van der Waals surface area contributed by atoms with Gasteiger partial charge in [-0.2, -0.15) is 0 Å². The molecule has 1 aliphatic rings. The van der Waals surface area contributed by atoms with E-state index in [1.165, 1.54) is 6.07 Å². The van der Waals surface area contributed by atoms with Crippen LogP contribution in [0.2, 0.25) is 0 Å². The molecule has 6 nitrogen and oxygen atoms in total. The maximum Gasteiger partial charge on any atom is 0.317 e. The standard InChI is InChI=1S/C23H28F2N4O2/c1-28(15-17-5-3-2-4-6-17)23(31)26-11-9-22(30)27-14-18-10-12-29(16-18)19-7-8-20(24)21(25)13-19/h2-8,13,18H,9-12,14-16H2,1H3,(H,26,31)(H,27,30). The van der Waals surface area contributed by atoms with Crippen LogP contribution in [0.15, 0.2) is 48.5 Å². The predicted molar refractivity (Wildman–Crippen MR) is 116 cm³/mol. The number of amides is 3. The first kappa shape index (κ1) is 22.5. The average Bonchev–Trinajstić information content (AvgIpc) is 3.24. The molecule has 2 N–H and O–H groups in total. The third-order valence-electron chi connectivity index (χ3n) is 5.38. The highest BCUT2D eigenvalue weighted by molar-refractivity contribution is 5.78. The number of carbonyl (C=O) groups is 2. The zero-order valence-electron chi connectivity index (χ0n) is 17.6. The van der Waals surface area contributed by atoms with Gasteiger partial charge in [0.15, 0.2) is 11.6 Å². The van der Waals surface area contributed by atoms with Crippen molar-refractivity contribution >= 4 is 17.6 Å². The third kappa shape index (κ3) is 6.67. The van der Waals surface area contributed by atoms with Gasteiger partial charge in [0, 0.05) is 57.9 Å². The highest BCUT2D eigenvalue weighted by Gasteiger charge is 2.23. The van der Waals surface area contributed by atoms with E-state index in [4.69, 9.17) is 0 Å². The summed E-state index contributed by atoms with van der Waals surface area (Å²) in [6.45, 7) is 2.67. The van der Waals surface area contributed by atoms with E-state index in [2.05, 4.69) is 10.6 Å². The Labute approximate surface area is 181 Å². The number of hydrogen-bond donors (Lipinski definition) is 2. The Morgan fingerprint density at radius 1 is 1.10 bits per heavy atom. The molecular weight excluding hydrogens is 402 g/mol. The van der Waals surface area contributed by atoms with Gasteiger partial charge in [-0.15, -0.1) is 0 Å². The number of anilines is 1. The van der Waals surface area contributed by atoms with Crippen LogP contribution in [0.4, 0.5) is 19.3 Å². The third-order valence-corrected chi connectivity index (χ3v) is 5.38. The second-order valence-corrected chi connectivity index (χ2v) is 7.83. The first-order valence-electron chi connectivity index (χ1n) is 10.4. The van der Waals surface area contributed by atoms with Gasteiger partial charge in [-0.1, -0.05) is 30.3 Å². The molecule has 2 aromatic carbocycles. The molecule has 1 aliphatic heterocycles. The zero-order valence-corrected chi connectivity index (χ0v) is 17.6. The van der Waals surface area contributed by atoms with Crippen molar-refractivity contribution < 1.29 is 18.4 Å². The molecule has 0 spiro atoms. The van der Waals surface area contributed by atoms with E-state index in [1.807, 2.05) is 35.2 Å². The van der Waals surface area contributed by atoms with Crippen molar-refractivity contribution in [3.8, 4) is 0 Å². The van der Waals surface area contributed by atoms with Crippen molar-refractivity contribution in [2.45, 2.75) is 19.4 Å². The van der Waals surface area contributed by atoms with Crippen molar-refractivity contribution in [3.63, 3.8) is 0 Å². The summed E-state index contributed by atoms with van der Waals surface area (Å²) in [6.07, 6.45) is 1.06. The number of nitrogens with one attached hydrogen (secondary N) is 2. The molecule has 31 heavy (non-hydrogen) atoms. The fourth-order valence-corrected chi connectivity index (χ4v) is 3.61. The van der Waals surface area contributed by atoms with Crippen molar-refractivity contribution in [1.82, 2.24) is 15.5 Å². The lowest BCUT2D eigenvalue weighted by molar-refractivity contribution is -0.121. The van der Waals surface area contributed by atoms with Gasteiger partial charge >= 0.3 is 6.03 Å². The molecule has 0 radical (unpaired) electrons. The number of halogens is 2. The lowest BCUT2D eigenvalue weighted by atomic mass is 10.1. The van der Waals surface area contributed by atoms with Crippen LogP contribution in [-0.4, -0.2) is 50.1 Å². The van der Waals surface area contributed by atoms with Crippen LogP contribution in [0.3, 0.4) is 0 Å². The monoisotopic (exact) mass is 430 g/mol. The van der Waals surface area contributed by atoms with E-state index in [1.54, 1.807) is 18.0 Å². The van der Waals surface area contributed by atoms with E-state index in [0.29, 0.717) is 25.3 Å². The molecule has 1 unspecified atom stereocenters. The molecule has 2 aromatic rings. The van der Waals surface area contributed by atoms with Gasteiger partial charge in [0.25, 0.3) is 0 Å². The number of urea groups is 1. The Morgan fingerprint density at radius 3 is 2.61 bits per heavy atom. The van der Waals surface area contributed by atoms with Crippen LogP contribution >= 0.6 is 0 Å². The number of benzene rings is 2. The van der Waals surface area contributed by atoms with Crippen molar-refractivity contribution in [1.29, 1.82) is 0 Å². The summed E-state index contributed by atoms with van der Waals surface area (Å²) < 4.78 is 26.5. The lowest BCUT2D eigenvalue weighted by Crippen LogP contribution is -2.39. The summed E-state index contributed by atoms with van der Waals surface area (Å²) in [5.74, 6) is -1.60. The first-order chi connectivity index (χ1) is 14.9. The molecule has 1 saturated heterocycles. The Hall–Kier alpha value is -3.16. The molecule has 1 fully saturated rings. The van der Waals surface area contributed by atoms with Crippen LogP contribution in [0.25, 0.3) is 0 Å². The van der Waals surface area contributed by atoms with Gasteiger partial charge in [0.05, 0.1) is 0 Å². The molecule has 166 valence electrons. The van der Waals surface area contributed by atoms with Crippen molar-refractivity contribution in [3.05, 3.63) is 65.7 Å². The van der Waals surface area contributed by atoms with Crippen molar-refractivity contribution in [2.75, 3.05) is 38.1 Å². The van der Waals surface area contributed by atoms with E-state index in [0.717, 1.165) is 24.6 Å². The van der Waals surface area contributed by atoms with Crippen LogP contribution in [0, 0.1) is 17.6 Å². The van der Waals surface area contributed by atoms with E-state index >= 15 is 0 Å². The lowest BCUT2D eigenvalue weighted by Gasteiger charge is -2.19. The summed E-state index contributed by atoms with van der Waals surface area (Å²) >= 11 is 0. The van der Waals surface area contributed by atoms with Crippen LogP contribution < -0.4 is 15.5 Å². The largest absolute Gasteiger partial charge is 0.371 e. The second kappa shape index (κ2) is 10.7. The maximum absolute atomic E-state index is 13.4. The first-order valence-corrected chi connectivity index (χ1v) is 10.4. The zero-order chi connectivity index (χ0) is 22.2. The Morgan fingerprint density at radius 2 is 1.87 bits per heavy atom. The summed E-state index contributed by atoms with van der Waals surface area (Å²) in [5.41, 5.74) is 1.68. The summed E-state index contributed by atoms with van der Waals surface area (Å²) in [6, 6.07) is 13.3. The van der Waals surface area contributed by atoms with Crippen molar-refractivity contribution in [2.24, 2.45) is 5.92 Å². The Balaban J connectivity index is 1.32. The van der Waals surface area contributed by atoms with Gasteiger partial charge in [-0.3, -0.25) is 4.79 Å². The number of nitrogens with zero attached hydrogens (tertiary/aromatic N) is 2. The van der Waals surface area contributed by atoms with Gasteiger partial charge < -0.3 is 20.4 Å². The minimum atomic E-state index is -0.856. The van der Waals surface area contributed by atoms with Gasteiger partial charge in [-0.25, -0.2) is 13.6 Å². The molecule has 3 rings (SSSR count). The van der Waals surface area contributed by atoms with Gasteiger partial charge in [-0.05, 0) is 30.0 Å². The molecule has 1 heterocycles. The fourth-order valence-electron chi connectivity index (χ4n) is 3.61. The summed E-state index contributed by atoms with van der Waals surface area (Å²) in [4.78, 5) is 27.8. The van der Waals surface area contributed by atoms with Gasteiger partial charge in [0.2, 0.25) is 5.91 Å². The smallest absolute Gasteiger partial charge is 0.317 e. The summed E-state index contributed by atoms with van der Waals surface area (Å²) in [5, 5.41) is 5.65. The predicted octanol–water partition coefficient (Wildman–Crippen LogP) is 3.14. The minimum Gasteiger partial charge on any atom is -0.371 e. The fraction of sp³-hybridized carbons (Fsp3) is 0.391. The molecule has 8 heteroatoms. The molecule has 3 amide bonds. The average molecular weight is 430 g/mol. The van der Waals surface area contributed by atoms with E-state index in [-0.39, 0.29) is 30.8 Å².